The van der Waals surface area contributed by atoms with Crippen LogP contribution in [0.5, 0.6) is 0 Å². The summed E-state index contributed by atoms with van der Waals surface area (Å²) in [5.74, 6) is 0. The Morgan fingerprint density at radius 3 is 2.77 bits per heavy atom. The molecule has 0 aromatic rings. The molecule has 1 unspecified atom stereocenters. The predicted molar refractivity (Wildman–Crippen MR) is 51.6 cm³/mol. The monoisotopic (exact) mass is 184 g/mol. The minimum absolute atomic E-state index is 0.346. The third-order valence-electron chi connectivity index (χ3n) is 3.55. The Balaban J connectivity index is 1.58. The minimum Gasteiger partial charge on any atom is -0.396 e. The summed E-state index contributed by atoms with van der Waals surface area (Å²) in [6.45, 7) is 1.37. The van der Waals surface area contributed by atoms with Crippen molar-refractivity contribution in [2.45, 2.75) is 51.0 Å². The van der Waals surface area contributed by atoms with E-state index in [0.29, 0.717) is 18.1 Å². The second kappa shape index (κ2) is 3.97. The Hall–Kier alpha value is -0.0800. The van der Waals surface area contributed by atoms with Gasteiger partial charge in [0.05, 0.1) is 6.10 Å². The lowest BCUT2D eigenvalue weighted by atomic mass is 9.98. The van der Waals surface area contributed by atoms with Gasteiger partial charge in [0.25, 0.3) is 0 Å². The highest BCUT2D eigenvalue weighted by atomic mass is 16.5. The Morgan fingerprint density at radius 1 is 1.38 bits per heavy atom. The Labute approximate surface area is 80.3 Å². The molecule has 1 aliphatic carbocycles. The summed E-state index contributed by atoms with van der Waals surface area (Å²) < 4.78 is 5.56. The van der Waals surface area contributed by atoms with E-state index in [1.165, 1.54) is 44.9 Å². The number of hydrogen-bond acceptors (Lipinski definition) is 2. The Bertz CT molecular complexity index is 157. The number of hydrogen-bond donors (Lipinski definition) is 1. The maximum atomic E-state index is 9.12. The van der Waals surface area contributed by atoms with Gasteiger partial charge in [0.15, 0.2) is 0 Å². The van der Waals surface area contributed by atoms with E-state index in [1.807, 2.05) is 0 Å². The van der Waals surface area contributed by atoms with Crippen molar-refractivity contribution in [1.82, 2.24) is 0 Å². The van der Waals surface area contributed by atoms with E-state index in [9.17, 15) is 0 Å². The molecule has 0 aromatic heterocycles. The summed E-state index contributed by atoms with van der Waals surface area (Å²) in [7, 11) is 0. The van der Waals surface area contributed by atoms with Gasteiger partial charge in [0, 0.05) is 13.2 Å². The van der Waals surface area contributed by atoms with Crippen molar-refractivity contribution < 1.29 is 9.84 Å². The van der Waals surface area contributed by atoms with Crippen molar-refractivity contribution in [3.63, 3.8) is 0 Å². The second-order valence-corrected chi connectivity index (χ2v) is 4.69. The Kier molecular flexibility index (Phi) is 2.89. The van der Waals surface area contributed by atoms with E-state index in [0.717, 1.165) is 6.61 Å². The van der Waals surface area contributed by atoms with Crippen LogP contribution in [-0.2, 0) is 4.74 Å². The molecule has 76 valence electrons. The van der Waals surface area contributed by atoms with Gasteiger partial charge in [0.2, 0.25) is 0 Å². The lowest BCUT2D eigenvalue weighted by Crippen LogP contribution is -2.09. The summed E-state index contributed by atoms with van der Waals surface area (Å²) in [4.78, 5) is 0. The number of aliphatic hydroxyl groups is 1. The van der Waals surface area contributed by atoms with Crippen molar-refractivity contribution in [2.24, 2.45) is 5.41 Å². The summed E-state index contributed by atoms with van der Waals surface area (Å²) in [5, 5.41) is 9.12. The van der Waals surface area contributed by atoms with E-state index in [4.69, 9.17) is 9.84 Å². The van der Waals surface area contributed by atoms with Gasteiger partial charge in [-0.25, -0.2) is 0 Å². The normalized spacial score (nSPS) is 30.7. The average molecular weight is 184 g/mol. The van der Waals surface area contributed by atoms with Crippen LogP contribution in [0.2, 0.25) is 0 Å². The molecule has 1 N–H and O–H groups in total. The lowest BCUT2D eigenvalue weighted by Gasteiger charge is -2.13. The predicted octanol–water partition coefficient (Wildman–Crippen LogP) is 2.11. The van der Waals surface area contributed by atoms with Crippen LogP contribution in [0, 0.1) is 5.41 Å². The van der Waals surface area contributed by atoms with E-state index >= 15 is 0 Å². The molecule has 2 heteroatoms. The molecule has 2 fully saturated rings. The summed E-state index contributed by atoms with van der Waals surface area (Å²) in [6.07, 6.45) is 9.19. The molecule has 0 radical (unpaired) electrons. The van der Waals surface area contributed by atoms with Crippen molar-refractivity contribution >= 4 is 0 Å². The fourth-order valence-corrected chi connectivity index (χ4v) is 2.24. The fourth-order valence-electron chi connectivity index (χ4n) is 2.24. The molecule has 2 nitrogen and oxygen atoms in total. The molecule has 1 heterocycles. The first-order chi connectivity index (χ1) is 6.35. The van der Waals surface area contributed by atoms with Gasteiger partial charge in [-0.2, -0.15) is 0 Å². The van der Waals surface area contributed by atoms with Crippen molar-refractivity contribution in [1.29, 1.82) is 0 Å². The highest BCUT2D eigenvalue weighted by Crippen LogP contribution is 2.49. The number of ether oxygens (including phenoxy) is 1. The zero-order valence-corrected chi connectivity index (χ0v) is 8.30. The first kappa shape index (κ1) is 9.47. The van der Waals surface area contributed by atoms with Crippen molar-refractivity contribution in [3.05, 3.63) is 0 Å². The standard InChI is InChI=1S/C11H20O2/c12-9-11(6-7-11)5-1-3-10-4-2-8-13-10/h10,12H,1-9H2. The maximum Gasteiger partial charge on any atom is 0.0576 e. The number of aliphatic hydroxyl groups excluding tert-OH is 1. The lowest BCUT2D eigenvalue weighted by molar-refractivity contribution is 0.0981. The molecular formula is C11H20O2. The van der Waals surface area contributed by atoms with Crippen LogP contribution >= 0.6 is 0 Å². The summed E-state index contributed by atoms with van der Waals surface area (Å²) >= 11 is 0. The van der Waals surface area contributed by atoms with Gasteiger partial charge in [0.1, 0.15) is 0 Å². The molecule has 1 atom stereocenters. The molecule has 1 aliphatic heterocycles. The molecule has 13 heavy (non-hydrogen) atoms. The summed E-state index contributed by atoms with van der Waals surface area (Å²) in [6, 6.07) is 0. The maximum absolute atomic E-state index is 9.12. The number of rotatable bonds is 5. The van der Waals surface area contributed by atoms with Crippen molar-refractivity contribution in [3.8, 4) is 0 Å². The SMILES string of the molecule is OCC1(CCCC2CCCO2)CC1. The third kappa shape index (κ3) is 2.44. The Morgan fingerprint density at radius 2 is 2.23 bits per heavy atom. The molecule has 1 saturated heterocycles. The van der Waals surface area contributed by atoms with Crippen molar-refractivity contribution in [2.75, 3.05) is 13.2 Å². The molecule has 2 rings (SSSR count). The van der Waals surface area contributed by atoms with Gasteiger partial charge in [-0.05, 0) is 43.9 Å². The van der Waals surface area contributed by atoms with Gasteiger partial charge < -0.3 is 9.84 Å². The molecular weight excluding hydrogens is 164 g/mol. The molecule has 2 aliphatic rings. The zero-order valence-electron chi connectivity index (χ0n) is 8.30. The zero-order chi connectivity index (χ0) is 9.15. The van der Waals surface area contributed by atoms with Gasteiger partial charge in [-0.15, -0.1) is 0 Å². The van der Waals surface area contributed by atoms with Crippen LogP contribution in [0.15, 0.2) is 0 Å². The molecule has 0 aromatic carbocycles. The van der Waals surface area contributed by atoms with Crippen LogP contribution < -0.4 is 0 Å². The van der Waals surface area contributed by atoms with E-state index in [-0.39, 0.29) is 0 Å². The molecule has 0 amide bonds. The largest absolute Gasteiger partial charge is 0.396 e. The first-order valence-electron chi connectivity index (χ1n) is 5.57. The van der Waals surface area contributed by atoms with Crippen LogP contribution in [0.1, 0.15) is 44.9 Å². The highest BCUT2D eigenvalue weighted by Gasteiger charge is 2.41. The highest BCUT2D eigenvalue weighted by molar-refractivity contribution is 4.92. The van der Waals surface area contributed by atoms with Crippen LogP contribution in [0.3, 0.4) is 0 Å². The average Bonchev–Trinajstić information content (AvgIpc) is 2.74. The van der Waals surface area contributed by atoms with Crippen LogP contribution in [0.4, 0.5) is 0 Å². The van der Waals surface area contributed by atoms with E-state index in [2.05, 4.69) is 0 Å². The van der Waals surface area contributed by atoms with Gasteiger partial charge in [-0.3, -0.25) is 0 Å². The summed E-state index contributed by atoms with van der Waals surface area (Å²) in [5.41, 5.74) is 0.346. The second-order valence-electron chi connectivity index (χ2n) is 4.69. The molecule has 0 spiro atoms. The quantitative estimate of drug-likeness (QED) is 0.709. The van der Waals surface area contributed by atoms with E-state index < -0.39 is 0 Å². The van der Waals surface area contributed by atoms with Gasteiger partial charge in [-0.1, -0.05) is 6.42 Å². The van der Waals surface area contributed by atoms with E-state index in [1.54, 1.807) is 0 Å². The third-order valence-corrected chi connectivity index (χ3v) is 3.55. The van der Waals surface area contributed by atoms with Crippen LogP contribution in [0.25, 0.3) is 0 Å². The smallest absolute Gasteiger partial charge is 0.0576 e. The topological polar surface area (TPSA) is 29.5 Å². The molecule has 0 bridgehead atoms. The van der Waals surface area contributed by atoms with Gasteiger partial charge >= 0.3 is 0 Å². The first-order valence-corrected chi connectivity index (χ1v) is 5.57. The fraction of sp³-hybridized carbons (Fsp3) is 1.00. The minimum atomic E-state index is 0.346. The van der Waals surface area contributed by atoms with Crippen LogP contribution in [-0.4, -0.2) is 24.4 Å². The molecule has 1 saturated carbocycles.